The second-order valence-corrected chi connectivity index (χ2v) is 5.92. The quantitative estimate of drug-likeness (QED) is 0.898. The average molecular weight is 264 g/mol. The van der Waals surface area contributed by atoms with Gasteiger partial charge < -0.3 is 5.32 Å². The molecule has 3 atom stereocenters. The van der Waals surface area contributed by atoms with Gasteiger partial charge >= 0.3 is 0 Å². The lowest BCUT2D eigenvalue weighted by molar-refractivity contribution is 0.195. The summed E-state index contributed by atoms with van der Waals surface area (Å²) in [6.45, 7) is 6.46. The van der Waals surface area contributed by atoms with Crippen LogP contribution in [0.15, 0.2) is 24.3 Å². The molecule has 0 amide bonds. The van der Waals surface area contributed by atoms with Crippen molar-refractivity contribution in [3.63, 3.8) is 0 Å². The van der Waals surface area contributed by atoms with Crippen LogP contribution in [-0.2, 0) is 0 Å². The lowest BCUT2D eigenvalue weighted by Gasteiger charge is -2.34. The van der Waals surface area contributed by atoms with Gasteiger partial charge in [0, 0.05) is 24.2 Å². The minimum Gasteiger partial charge on any atom is -0.313 e. The van der Waals surface area contributed by atoms with Gasteiger partial charge in [0.05, 0.1) is 0 Å². The number of nitrogens with zero attached hydrogens (tertiary/aromatic N) is 1. The van der Waals surface area contributed by atoms with Crippen molar-refractivity contribution in [2.24, 2.45) is 5.92 Å². The minimum absolute atomic E-state index is 0.105. The molecule has 1 aromatic rings. The van der Waals surface area contributed by atoms with Crippen LogP contribution in [0.5, 0.6) is 0 Å². The summed E-state index contributed by atoms with van der Waals surface area (Å²) in [5, 5.41) is 3.57. The fourth-order valence-electron chi connectivity index (χ4n) is 2.92. The number of likely N-dealkylation sites (N-methyl/N-ethyl adjacent to an activating group) is 1. The molecule has 0 aromatic heterocycles. The summed E-state index contributed by atoms with van der Waals surface area (Å²) in [4.78, 5) is 2.24. The van der Waals surface area contributed by atoms with Gasteiger partial charge in [-0.15, -0.1) is 0 Å². The van der Waals surface area contributed by atoms with E-state index in [4.69, 9.17) is 0 Å². The van der Waals surface area contributed by atoms with Crippen molar-refractivity contribution < 1.29 is 4.39 Å². The highest BCUT2D eigenvalue weighted by atomic mass is 19.1. The molecule has 0 spiro atoms. The predicted octanol–water partition coefficient (Wildman–Crippen LogP) is 3.21. The second-order valence-electron chi connectivity index (χ2n) is 5.92. The fourth-order valence-corrected chi connectivity index (χ4v) is 2.92. The molecule has 0 aliphatic carbocycles. The monoisotopic (exact) mass is 264 g/mol. The molecule has 1 fully saturated rings. The fraction of sp³-hybridized carbons (Fsp3) is 0.625. The largest absolute Gasteiger partial charge is 0.313 e. The lowest BCUT2D eigenvalue weighted by Crippen LogP contribution is -2.45. The first-order chi connectivity index (χ1) is 9.08. The molecule has 1 aliphatic heterocycles. The molecular weight excluding hydrogens is 239 g/mol. The van der Waals surface area contributed by atoms with E-state index in [0.29, 0.717) is 6.04 Å². The normalized spacial score (nSPS) is 25.5. The Hall–Kier alpha value is -0.930. The van der Waals surface area contributed by atoms with Gasteiger partial charge in [-0.25, -0.2) is 4.39 Å². The zero-order chi connectivity index (χ0) is 13.8. The summed E-state index contributed by atoms with van der Waals surface area (Å²) in [5.41, 5.74) is 0.786. The molecule has 0 saturated carbocycles. The number of benzene rings is 1. The van der Waals surface area contributed by atoms with E-state index in [2.05, 4.69) is 31.1 Å². The van der Waals surface area contributed by atoms with Crippen molar-refractivity contribution in [2.75, 3.05) is 20.1 Å². The lowest BCUT2D eigenvalue weighted by atomic mass is 9.93. The van der Waals surface area contributed by atoms with Gasteiger partial charge in [0.15, 0.2) is 0 Å². The van der Waals surface area contributed by atoms with E-state index in [1.54, 1.807) is 12.1 Å². The van der Waals surface area contributed by atoms with Gasteiger partial charge in [0.1, 0.15) is 5.82 Å². The van der Waals surface area contributed by atoms with E-state index in [-0.39, 0.29) is 11.9 Å². The second kappa shape index (κ2) is 6.49. The van der Waals surface area contributed by atoms with Crippen molar-refractivity contribution in [1.29, 1.82) is 0 Å². The average Bonchev–Trinajstić information content (AvgIpc) is 2.38. The Bertz CT molecular complexity index is 407. The number of hydrogen-bond acceptors (Lipinski definition) is 2. The molecule has 1 heterocycles. The first kappa shape index (κ1) is 14.5. The van der Waals surface area contributed by atoms with Gasteiger partial charge in [0.25, 0.3) is 0 Å². The van der Waals surface area contributed by atoms with Crippen molar-refractivity contribution >= 4 is 0 Å². The maximum Gasteiger partial charge on any atom is 0.127 e. The number of hydrogen-bond donors (Lipinski definition) is 1. The molecule has 106 valence electrons. The van der Waals surface area contributed by atoms with E-state index in [1.165, 1.54) is 12.8 Å². The summed E-state index contributed by atoms with van der Waals surface area (Å²) >= 11 is 0. The Labute approximate surface area is 116 Å². The summed E-state index contributed by atoms with van der Waals surface area (Å²) in [7, 11) is 2.08. The van der Waals surface area contributed by atoms with Crippen LogP contribution >= 0.6 is 0 Å². The summed E-state index contributed by atoms with van der Waals surface area (Å²) in [5.74, 6) is 0.690. The van der Waals surface area contributed by atoms with Crippen LogP contribution in [-0.4, -0.2) is 31.1 Å². The Morgan fingerprint density at radius 1 is 1.42 bits per heavy atom. The van der Waals surface area contributed by atoms with Crippen molar-refractivity contribution in [3.05, 3.63) is 35.6 Å². The minimum atomic E-state index is -0.105. The molecule has 1 aliphatic rings. The van der Waals surface area contributed by atoms with Crippen LogP contribution in [0, 0.1) is 11.7 Å². The van der Waals surface area contributed by atoms with Gasteiger partial charge in [-0.05, 0) is 45.3 Å². The molecule has 3 heteroatoms. The van der Waals surface area contributed by atoms with E-state index in [1.807, 2.05) is 12.1 Å². The standard InChI is InChI=1S/C16H25FN2/c1-12-8-9-18-14(10-12)11-19(3)13(2)15-6-4-5-7-16(15)17/h4-7,12-14,18H,8-11H2,1-3H3. The molecule has 19 heavy (non-hydrogen) atoms. The van der Waals surface area contributed by atoms with Crippen molar-refractivity contribution in [2.45, 2.75) is 38.8 Å². The zero-order valence-corrected chi connectivity index (χ0v) is 12.2. The molecule has 1 saturated heterocycles. The molecule has 0 radical (unpaired) electrons. The Morgan fingerprint density at radius 2 is 2.16 bits per heavy atom. The molecule has 3 unspecified atom stereocenters. The number of nitrogens with one attached hydrogen (secondary N) is 1. The highest BCUT2D eigenvalue weighted by Gasteiger charge is 2.22. The van der Waals surface area contributed by atoms with Gasteiger partial charge in [-0.2, -0.15) is 0 Å². The molecule has 0 bridgehead atoms. The number of rotatable bonds is 4. The van der Waals surface area contributed by atoms with Gasteiger partial charge in [0.2, 0.25) is 0 Å². The first-order valence-electron chi connectivity index (χ1n) is 7.26. The van der Waals surface area contributed by atoms with E-state index in [0.717, 1.165) is 24.6 Å². The van der Waals surface area contributed by atoms with Crippen molar-refractivity contribution in [1.82, 2.24) is 10.2 Å². The zero-order valence-electron chi connectivity index (χ0n) is 12.2. The predicted molar refractivity (Wildman–Crippen MR) is 77.6 cm³/mol. The van der Waals surface area contributed by atoms with Crippen LogP contribution < -0.4 is 5.32 Å². The summed E-state index contributed by atoms with van der Waals surface area (Å²) in [6, 6.07) is 7.72. The molecule has 1 aromatic carbocycles. The topological polar surface area (TPSA) is 15.3 Å². The van der Waals surface area contributed by atoms with Crippen LogP contribution in [0.2, 0.25) is 0 Å². The Morgan fingerprint density at radius 3 is 2.84 bits per heavy atom. The van der Waals surface area contributed by atoms with Crippen LogP contribution in [0.4, 0.5) is 4.39 Å². The van der Waals surface area contributed by atoms with Crippen molar-refractivity contribution in [3.8, 4) is 0 Å². The van der Waals surface area contributed by atoms with Gasteiger partial charge in [-0.1, -0.05) is 25.1 Å². The first-order valence-corrected chi connectivity index (χ1v) is 7.26. The van der Waals surface area contributed by atoms with E-state index >= 15 is 0 Å². The van der Waals surface area contributed by atoms with Crippen LogP contribution in [0.3, 0.4) is 0 Å². The highest BCUT2D eigenvalue weighted by Crippen LogP contribution is 2.23. The smallest absolute Gasteiger partial charge is 0.127 e. The summed E-state index contributed by atoms with van der Waals surface area (Å²) < 4.78 is 13.8. The third kappa shape index (κ3) is 3.77. The highest BCUT2D eigenvalue weighted by molar-refractivity contribution is 5.20. The maximum absolute atomic E-state index is 13.8. The van der Waals surface area contributed by atoms with Crippen LogP contribution in [0.25, 0.3) is 0 Å². The molecule has 2 rings (SSSR count). The molecule has 2 nitrogen and oxygen atoms in total. The Balaban J connectivity index is 1.95. The summed E-state index contributed by atoms with van der Waals surface area (Å²) in [6.07, 6.45) is 2.48. The van der Waals surface area contributed by atoms with Crippen LogP contribution in [0.1, 0.15) is 38.3 Å². The van der Waals surface area contributed by atoms with E-state index in [9.17, 15) is 4.39 Å². The number of piperidine rings is 1. The third-order valence-electron chi connectivity index (χ3n) is 4.28. The maximum atomic E-state index is 13.8. The van der Waals surface area contributed by atoms with Gasteiger partial charge in [-0.3, -0.25) is 4.90 Å². The Kier molecular flexibility index (Phi) is 4.94. The number of halogens is 1. The molecule has 1 N–H and O–H groups in total. The third-order valence-corrected chi connectivity index (χ3v) is 4.28. The SMILES string of the molecule is CC1CCNC(CN(C)C(C)c2ccccc2F)C1. The van der Waals surface area contributed by atoms with E-state index < -0.39 is 0 Å². The molecular formula is C16H25FN2.